The second-order valence-corrected chi connectivity index (χ2v) is 7.12. The van der Waals surface area contributed by atoms with Gasteiger partial charge in [0.15, 0.2) is 5.13 Å². The van der Waals surface area contributed by atoms with Crippen molar-refractivity contribution in [2.24, 2.45) is 0 Å². The minimum Gasteiger partial charge on any atom is -0.495 e. The number of hydrogen-bond donors (Lipinski definition) is 3. The Balaban J connectivity index is 1.84. The highest BCUT2D eigenvalue weighted by molar-refractivity contribution is 7.22. The molecule has 3 amide bonds. The maximum absolute atomic E-state index is 12.4. The summed E-state index contributed by atoms with van der Waals surface area (Å²) >= 11 is 7.26. The summed E-state index contributed by atoms with van der Waals surface area (Å²) in [5.74, 6) is 0.738. The molecule has 10 heteroatoms. The van der Waals surface area contributed by atoms with Gasteiger partial charge in [-0.25, -0.2) is 9.78 Å². The van der Waals surface area contributed by atoms with Crippen LogP contribution in [-0.2, 0) is 4.79 Å². The van der Waals surface area contributed by atoms with Crippen LogP contribution in [0.3, 0.4) is 0 Å². The highest BCUT2D eigenvalue weighted by atomic mass is 35.5. The molecular formula is C18H17ClN4O4S. The normalized spacial score (nSPS) is 10.4. The van der Waals surface area contributed by atoms with Crippen LogP contribution in [0.4, 0.5) is 21.3 Å². The zero-order valence-electron chi connectivity index (χ0n) is 15.3. The number of carbonyl (C=O) groups is 2. The lowest BCUT2D eigenvalue weighted by Gasteiger charge is -2.12. The van der Waals surface area contributed by atoms with E-state index in [1.807, 2.05) is 0 Å². The predicted molar refractivity (Wildman–Crippen MR) is 111 cm³/mol. The Bertz CT molecular complexity index is 1050. The predicted octanol–water partition coefficient (Wildman–Crippen LogP) is 4.57. The van der Waals surface area contributed by atoms with Crippen LogP contribution in [0.5, 0.6) is 11.5 Å². The van der Waals surface area contributed by atoms with Crippen molar-refractivity contribution in [1.82, 2.24) is 4.98 Å². The zero-order chi connectivity index (χ0) is 20.3. The number of halogens is 1. The van der Waals surface area contributed by atoms with Crippen molar-refractivity contribution < 1.29 is 19.1 Å². The number of hydrogen-bond acceptors (Lipinski definition) is 6. The van der Waals surface area contributed by atoms with Gasteiger partial charge in [0.1, 0.15) is 17.0 Å². The summed E-state index contributed by atoms with van der Waals surface area (Å²) in [6.45, 7) is 1.41. The van der Waals surface area contributed by atoms with Crippen LogP contribution in [0.1, 0.15) is 6.92 Å². The van der Waals surface area contributed by atoms with E-state index in [0.717, 1.165) is 4.70 Å². The molecule has 3 N–H and O–H groups in total. The first-order chi connectivity index (χ1) is 13.4. The quantitative estimate of drug-likeness (QED) is 0.561. The molecule has 3 aromatic rings. The van der Waals surface area contributed by atoms with E-state index in [9.17, 15) is 9.59 Å². The third kappa shape index (κ3) is 4.44. The lowest BCUT2D eigenvalue weighted by Crippen LogP contribution is -2.19. The molecule has 3 rings (SSSR count). The first-order valence-electron chi connectivity index (χ1n) is 8.07. The van der Waals surface area contributed by atoms with E-state index in [1.165, 1.54) is 32.5 Å². The van der Waals surface area contributed by atoms with E-state index in [0.29, 0.717) is 38.5 Å². The number of rotatable bonds is 5. The Morgan fingerprint density at radius 2 is 1.79 bits per heavy atom. The van der Waals surface area contributed by atoms with Crippen molar-refractivity contribution in [3.05, 3.63) is 35.4 Å². The summed E-state index contributed by atoms with van der Waals surface area (Å²) < 4.78 is 11.3. The Labute approximate surface area is 169 Å². The molecule has 0 saturated heterocycles. The highest BCUT2D eigenvalue weighted by Crippen LogP contribution is 2.35. The number of benzene rings is 2. The summed E-state index contributed by atoms with van der Waals surface area (Å²) in [5.41, 5.74) is 1.53. The molecule has 0 aliphatic heterocycles. The number of anilines is 3. The molecule has 2 aromatic carbocycles. The maximum atomic E-state index is 12.4. The fourth-order valence-electron chi connectivity index (χ4n) is 2.49. The molecule has 0 radical (unpaired) electrons. The van der Waals surface area contributed by atoms with E-state index in [1.54, 1.807) is 30.3 Å². The minimum absolute atomic E-state index is 0.216. The molecule has 0 aliphatic carbocycles. The number of ether oxygens (including phenoxy) is 2. The number of nitrogens with zero attached hydrogens (tertiary/aromatic N) is 1. The topological polar surface area (TPSA) is 102 Å². The lowest BCUT2D eigenvalue weighted by molar-refractivity contribution is -0.114. The summed E-state index contributed by atoms with van der Waals surface area (Å²) in [6.07, 6.45) is 0. The van der Waals surface area contributed by atoms with Crippen molar-refractivity contribution in [2.45, 2.75) is 6.92 Å². The molecule has 0 atom stereocenters. The molecular weight excluding hydrogens is 404 g/mol. The molecule has 146 valence electrons. The lowest BCUT2D eigenvalue weighted by atomic mass is 10.2. The molecule has 0 bridgehead atoms. The second-order valence-electron chi connectivity index (χ2n) is 5.65. The molecule has 0 fully saturated rings. The number of thiazole rings is 1. The van der Waals surface area contributed by atoms with Crippen LogP contribution in [0.15, 0.2) is 30.3 Å². The van der Waals surface area contributed by atoms with Crippen molar-refractivity contribution >= 4 is 61.6 Å². The number of fused-ring (bicyclic) bond motifs is 1. The van der Waals surface area contributed by atoms with E-state index < -0.39 is 6.03 Å². The van der Waals surface area contributed by atoms with Gasteiger partial charge in [-0.3, -0.25) is 4.79 Å². The number of urea groups is 1. The summed E-state index contributed by atoms with van der Waals surface area (Å²) in [6, 6.07) is 7.83. The van der Waals surface area contributed by atoms with Crippen molar-refractivity contribution in [3.63, 3.8) is 0 Å². The van der Waals surface area contributed by atoms with Crippen LogP contribution in [0.25, 0.3) is 10.2 Å². The summed E-state index contributed by atoms with van der Waals surface area (Å²) in [5, 5.41) is 9.00. The Kier molecular flexibility index (Phi) is 5.86. The van der Waals surface area contributed by atoms with Gasteiger partial charge in [0.05, 0.1) is 24.6 Å². The van der Waals surface area contributed by atoms with Gasteiger partial charge in [-0.15, -0.1) is 0 Å². The molecule has 0 spiro atoms. The average Bonchev–Trinajstić information content (AvgIpc) is 3.02. The Hall–Kier alpha value is -3.04. The molecule has 0 aliphatic rings. The number of aromatic nitrogens is 1. The molecule has 0 saturated carbocycles. The minimum atomic E-state index is -0.478. The van der Waals surface area contributed by atoms with Gasteiger partial charge in [-0.1, -0.05) is 22.9 Å². The van der Waals surface area contributed by atoms with Gasteiger partial charge in [0, 0.05) is 23.7 Å². The van der Waals surface area contributed by atoms with Gasteiger partial charge in [0.2, 0.25) is 5.91 Å². The summed E-state index contributed by atoms with van der Waals surface area (Å²) in [4.78, 5) is 28.0. The van der Waals surface area contributed by atoms with Crippen LogP contribution < -0.4 is 25.4 Å². The third-order valence-electron chi connectivity index (χ3n) is 3.63. The Morgan fingerprint density at radius 3 is 2.46 bits per heavy atom. The largest absolute Gasteiger partial charge is 0.495 e. The molecule has 1 heterocycles. The van der Waals surface area contributed by atoms with Gasteiger partial charge in [-0.2, -0.15) is 0 Å². The van der Waals surface area contributed by atoms with Gasteiger partial charge in [-0.05, 0) is 24.3 Å². The number of carbonyl (C=O) groups excluding carboxylic acids is 2. The van der Waals surface area contributed by atoms with Gasteiger partial charge in [0.25, 0.3) is 0 Å². The van der Waals surface area contributed by atoms with E-state index >= 15 is 0 Å². The number of amides is 3. The highest BCUT2D eigenvalue weighted by Gasteiger charge is 2.14. The molecule has 8 nitrogen and oxygen atoms in total. The van der Waals surface area contributed by atoms with Gasteiger partial charge < -0.3 is 25.4 Å². The van der Waals surface area contributed by atoms with Crippen LogP contribution in [0, 0.1) is 0 Å². The third-order valence-corrected chi connectivity index (χ3v) is 4.78. The van der Waals surface area contributed by atoms with Crippen LogP contribution in [0.2, 0.25) is 5.02 Å². The van der Waals surface area contributed by atoms with Crippen molar-refractivity contribution in [3.8, 4) is 11.5 Å². The summed E-state index contributed by atoms with van der Waals surface area (Å²) in [7, 11) is 3.01. The maximum Gasteiger partial charge on any atom is 0.323 e. The van der Waals surface area contributed by atoms with Crippen molar-refractivity contribution in [2.75, 3.05) is 30.2 Å². The van der Waals surface area contributed by atoms with Crippen molar-refractivity contribution in [1.29, 1.82) is 0 Å². The fraction of sp³-hybridized carbons (Fsp3) is 0.167. The first-order valence-corrected chi connectivity index (χ1v) is 9.26. The monoisotopic (exact) mass is 420 g/mol. The Morgan fingerprint density at radius 1 is 1.04 bits per heavy atom. The smallest absolute Gasteiger partial charge is 0.323 e. The standard InChI is InChI=1S/C18H17ClN4O4S/c1-9(24)20-18-23-16-14(27-3)7-11(8-15(16)28-18)21-17(25)22-12-6-10(19)4-5-13(12)26-2/h4-8H,1-3H3,(H,20,23,24)(H2,21,22,25). The van der Waals surface area contributed by atoms with E-state index in [4.69, 9.17) is 21.1 Å². The number of nitrogens with one attached hydrogen (secondary N) is 3. The average molecular weight is 421 g/mol. The van der Waals surface area contributed by atoms with E-state index in [2.05, 4.69) is 20.9 Å². The van der Waals surface area contributed by atoms with Crippen LogP contribution in [-0.4, -0.2) is 31.1 Å². The van der Waals surface area contributed by atoms with Gasteiger partial charge >= 0.3 is 6.03 Å². The first kappa shape index (κ1) is 19.7. The molecule has 1 aromatic heterocycles. The fourth-order valence-corrected chi connectivity index (χ4v) is 3.63. The molecule has 28 heavy (non-hydrogen) atoms. The van der Waals surface area contributed by atoms with Crippen LogP contribution >= 0.6 is 22.9 Å². The van der Waals surface area contributed by atoms with E-state index in [-0.39, 0.29) is 5.91 Å². The zero-order valence-corrected chi connectivity index (χ0v) is 16.8. The second kappa shape index (κ2) is 8.32. The SMILES string of the molecule is COc1ccc(Cl)cc1NC(=O)Nc1cc(OC)c2nc(NC(C)=O)sc2c1. The number of methoxy groups -OCH3 is 2. The molecule has 0 unspecified atom stereocenters.